The summed E-state index contributed by atoms with van der Waals surface area (Å²) in [6.45, 7) is 5.04. The molecule has 1 unspecified atom stereocenters. The van der Waals surface area contributed by atoms with Crippen LogP contribution in [0.2, 0.25) is 0 Å². The monoisotopic (exact) mass is 335 g/mol. The molecule has 24 heavy (non-hydrogen) atoms. The molecule has 1 saturated heterocycles. The lowest BCUT2D eigenvalue weighted by Gasteiger charge is -2.17. The molecule has 1 aliphatic rings. The Balaban J connectivity index is 0.000000647. The maximum Gasteiger partial charge on any atom is 0.290 e. The average Bonchev–Trinajstić information content (AvgIpc) is 3.24. The SMILES string of the molecule is CCN1CCC(n2ccnc2-c2cccc(OC)c2F)C1.O=CO. The Labute approximate surface area is 140 Å². The van der Waals surface area contributed by atoms with Crippen LogP contribution in [-0.2, 0) is 4.79 Å². The van der Waals surface area contributed by atoms with Crippen LogP contribution >= 0.6 is 0 Å². The van der Waals surface area contributed by atoms with Crippen LogP contribution in [-0.4, -0.2) is 52.8 Å². The van der Waals surface area contributed by atoms with Gasteiger partial charge in [0.15, 0.2) is 11.6 Å². The third-order valence-corrected chi connectivity index (χ3v) is 4.18. The number of methoxy groups -OCH3 is 1. The third kappa shape index (κ3) is 3.73. The molecule has 7 heteroatoms. The van der Waals surface area contributed by atoms with E-state index in [4.69, 9.17) is 14.6 Å². The minimum Gasteiger partial charge on any atom is -0.494 e. The molecule has 1 fully saturated rings. The van der Waals surface area contributed by atoms with Crippen LogP contribution in [0.25, 0.3) is 11.4 Å². The van der Waals surface area contributed by atoms with E-state index in [-0.39, 0.29) is 18.0 Å². The first kappa shape index (κ1) is 17.9. The highest BCUT2D eigenvalue weighted by Gasteiger charge is 2.25. The number of benzene rings is 1. The zero-order chi connectivity index (χ0) is 17.5. The van der Waals surface area contributed by atoms with E-state index in [0.717, 1.165) is 26.1 Å². The van der Waals surface area contributed by atoms with Gasteiger partial charge in [0.2, 0.25) is 0 Å². The molecule has 0 aliphatic carbocycles. The van der Waals surface area contributed by atoms with E-state index in [1.54, 1.807) is 24.4 Å². The summed E-state index contributed by atoms with van der Waals surface area (Å²) in [5.74, 6) is 0.579. The zero-order valence-corrected chi connectivity index (χ0v) is 13.9. The van der Waals surface area contributed by atoms with Gasteiger partial charge in [-0.25, -0.2) is 9.37 Å². The highest BCUT2D eigenvalue weighted by atomic mass is 19.1. The van der Waals surface area contributed by atoms with E-state index >= 15 is 0 Å². The van der Waals surface area contributed by atoms with Gasteiger partial charge in [-0.1, -0.05) is 13.0 Å². The highest BCUT2D eigenvalue weighted by Crippen LogP contribution is 2.31. The van der Waals surface area contributed by atoms with Crippen molar-refractivity contribution in [3.8, 4) is 17.1 Å². The summed E-state index contributed by atoms with van der Waals surface area (Å²) in [6, 6.07) is 5.53. The van der Waals surface area contributed by atoms with Crippen LogP contribution < -0.4 is 4.74 Å². The number of nitrogens with zero attached hydrogens (tertiary/aromatic N) is 3. The first-order valence-corrected chi connectivity index (χ1v) is 7.82. The summed E-state index contributed by atoms with van der Waals surface area (Å²) in [5, 5.41) is 6.89. The van der Waals surface area contributed by atoms with E-state index < -0.39 is 0 Å². The molecule has 0 spiro atoms. The summed E-state index contributed by atoms with van der Waals surface area (Å²) in [7, 11) is 1.48. The number of ether oxygens (including phenoxy) is 1. The molecule has 1 aromatic carbocycles. The number of hydrogen-bond acceptors (Lipinski definition) is 4. The third-order valence-electron chi connectivity index (χ3n) is 4.18. The molecule has 0 radical (unpaired) electrons. The van der Waals surface area contributed by atoms with Crippen molar-refractivity contribution in [2.75, 3.05) is 26.7 Å². The first-order chi connectivity index (χ1) is 11.7. The Morgan fingerprint density at radius 3 is 2.88 bits per heavy atom. The van der Waals surface area contributed by atoms with Crippen LogP contribution in [0.4, 0.5) is 4.39 Å². The molecule has 2 aromatic rings. The summed E-state index contributed by atoms with van der Waals surface area (Å²) in [5.41, 5.74) is 0.495. The molecule has 130 valence electrons. The normalized spacial score (nSPS) is 17.2. The molecular weight excluding hydrogens is 313 g/mol. The Bertz CT molecular complexity index is 675. The summed E-state index contributed by atoms with van der Waals surface area (Å²) in [4.78, 5) is 15.1. The van der Waals surface area contributed by atoms with Crippen molar-refractivity contribution < 1.29 is 19.0 Å². The van der Waals surface area contributed by atoms with Crippen molar-refractivity contribution in [3.63, 3.8) is 0 Å². The molecule has 6 nitrogen and oxygen atoms in total. The van der Waals surface area contributed by atoms with Crippen molar-refractivity contribution in [3.05, 3.63) is 36.4 Å². The fourth-order valence-electron chi connectivity index (χ4n) is 2.98. The molecule has 0 bridgehead atoms. The second-order valence-corrected chi connectivity index (χ2v) is 5.42. The van der Waals surface area contributed by atoms with E-state index in [0.29, 0.717) is 17.4 Å². The number of aromatic nitrogens is 2. The molecule has 3 rings (SSSR count). The maximum absolute atomic E-state index is 14.5. The molecule has 1 atom stereocenters. The fraction of sp³-hybridized carbons (Fsp3) is 0.412. The number of likely N-dealkylation sites (N-methyl/N-ethyl adjacent to an activating group) is 1. The number of carbonyl (C=O) groups is 1. The lowest BCUT2D eigenvalue weighted by Crippen LogP contribution is -2.21. The van der Waals surface area contributed by atoms with Crippen LogP contribution in [0.3, 0.4) is 0 Å². The lowest BCUT2D eigenvalue weighted by atomic mass is 10.1. The molecule has 1 aliphatic heterocycles. The van der Waals surface area contributed by atoms with Gasteiger partial charge in [0.1, 0.15) is 5.82 Å². The number of imidazole rings is 1. The summed E-state index contributed by atoms with van der Waals surface area (Å²) < 4.78 is 21.6. The largest absolute Gasteiger partial charge is 0.494 e. The Kier molecular flexibility index (Phi) is 6.31. The highest BCUT2D eigenvalue weighted by molar-refractivity contribution is 5.59. The minimum atomic E-state index is -0.349. The van der Waals surface area contributed by atoms with Crippen molar-refractivity contribution in [1.29, 1.82) is 0 Å². The Morgan fingerprint density at radius 2 is 2.25 bits per heavy atom. The Morgan fingerprint density at radius 1 is 1.50 bits per heavy atom. The molecule has 2 heterocycles. The molecule has 1 aromatic heterocycles. The second kappa shape index (κ2) is 8.44. The number of likely N-dealkylation sites (tertiary alicyclic amines) is 1. The number of hydrogen-bond donors (Lipinski definition) is 1. The summed E-state index contributed by atoms with van der Waals surface area (Å²) >= 11 is 0. The van der Waals surface area contributed by atoms with Gasteiger partial charge in [-0.2, -0.15) is 0 Å². The van der Waals surface area contributed by atoms with E-state index in [1.165, 1.54) is 7.11 Å². The number of rotatable bonds is 4. The number of carboxylic acid groups (broad SMARTS) is 1. The quantitative estimate of drug-likeness (QED) is 0.870. The fourth-order valence-corrected chi connectivity index (χ4v) is 2.98. The zero-order valence-electron chi connectivity index (χ0n) is 13.9. The van der Waals surface area contributed by atoms with Gasteiger partial charge in [0.25, 0.3) is 6.47 Å². The van der Waals surface area contributed by atoms with Crippen molar-refractivity contribution in [2.24, 2.45) is 0 Å². The van der Waals surface area contributed by atoms with Crippen LogP contribution in [0, 0.1) is 5.82 Å². The van der Waals surface area contributed by atoms with Crippen LogP contribution in [0.1, 0.15) is 19.4 Å². The van der Waals surface area contributed by atoms with Crippen molar-refractivity contribution >= 4 is 6.47 Å². The average molecular weight is 335 g/mol. The van der Waals surface area contributed by atoms with Gasteiger partial charge in [-0.05, 0) is 25.1 Å². The first-order valence-electron chi connectivity index (χ1n) is 7.82. The Hall–Kier alpha value is -2.41. The van der Waals surface area contributed by atoms with Gasteiger partial charge in [-0.3, -0.25) is 4.79 Å². The minimum absolute atomic E-state index is 0.250. The van der Waals surface area contributed by atoms with E-state index in [1.807, 2.05) is 6.20 Å². The molecule has 1 N–H and O–H groups in total. The molecule has 0 saturated carbocycles. The van der Waals surface area contributed by atoms with Gasteiger partial charge >= 0.3 is 0 Å². The van der Waals surface area contributed by atoms with Gasteiger partial charge in [0.05, 0.1) is 12.7 Å². The van der Waals surface area contributed by atoms with E-state index in [9.17, 15) is 4.39 Å². The lowest BCUT2D eigenvalue weighted by molar-refractivity contribution is -0.122. The summed E-state index contributed by atoms with van der Waals surface area (Å²) in [6.07, 6.45) is 4.75. The van der Waals surface area contributed by atoms with Crippen LogP contribution in [0.15, 0.2) is 30.6 Å². The predicted octanol–water partition coefficient (Wildman–Crippen LogP) is 2.67. The smallest absolute Gasteiger partial charge is 0.290 e. The second-order valence-electron chi connectivity index (χ2n) is 5.42. The van der Waals surface area contributed by atoms with Gasteiger partial charge < -0.3 is 19.3 Å². The molecule has 0 amide bonds. The molecular formula is C17H22FN3O3. The van der Waals surface area contributed by atoms with Crippen molar-refractivity contribution in [2.45, 2.75) is 19.4 Å². The van der Waals surface area contributed by atoms with E-state index in [2.05, 4.69) is 21.4 Å². The predicted molar refractivity (Wildman–Crippen MR) is 88.6 cm³/mol. The van der Waals surface area contributed by atoms with Crippen LogP contribution in [0.5, 0.6) is 5.75 Å². The van der Waals surface area contributed by atoms with Gasteiger partial charge in [-0.15, -0.1) is 0 Å². The van der Waals surface area contributed by atoms with Gasteiger partial charge in [0, 0.05) is 31.5 Å². The topological polar surface area (TPSA) is 67.6 Å². The maximum atomic E-state index is 14.5. The standard InChI is InChI=1S/C16H20FN3O.CH2O2/c1-3-19-9-7-12(11-19)20-10-8-18-16(20)13-5-4-6-14(21-2)15(13)17;2-1-3/h4-6,8,10,12H,3,7,9,11H2,1-2H3;1H,(H,2,3). The van der Waals surface area contributed by atoms with Crippen molar-refractivity contribution in [1.82, 2.24) is 14.5 Å². The number of halogens is 1.